The van der Waals surface area contributed by atoms with Crippen molar-refractivity contribution in [1.29, 1.82) is 0 Å². The second-order valence-corrected chi connectivity index (χ2v) is 3.85. The van der Waals surface area contributed by atoms with Gasteiger partial charge in [-0.15, -0.1) is 0 Å². The molecule has 5 heteroatoms. The van der Waals surface area contributed by atoms with E-state index in [0.29, 0.717) is 12.8 Å². The Morgan fingerprint density at radius 2 is 2.07 bits per heavy atom. The van der Waals surface area contributed by atoms with Gasteiger partial charge in [0.15, 0.2) is 0 Å². The van der Waals surface area contributed by atoms with Crippen molar-refractivity contribution in [2.75, 3.05) is 6.61 Å². The van der Waals surface area contributed by atoms with Crippen molar-refractivity contribution in [2.24, 2.45) is 11.8 Å². The molecule has 1 fully saturated rings. The highest BCUT2D eigenvalue weighted by molar-refractivity contribution is 5.72. The van der Waals surface area contributed by atoms with E-state index in [9.17, 15) is 18.0 Å². The van der Waals surface area contributed by atoms with Crippen LogP contribution in [0, 0.1) is 11.8 Å². The molecule has 0 aromatic carbocycles. The Labute approximate surface area is 86.8 Å². The van der Waals surface area contributed by atoms with E-state index >= 15 is 0 Å². The molecule has 0 amide bonds. The molecule has 1 aliphatic rings. The molecule has 0 aliphatic heterocycles. The quantitative estimate of drug-likeness (QED) is 0.674. The average molecular weight is 224 g/mol. The number of alkyl halides is 3. The van der Waals surface area contributed by atoms with Crippen molar-refractivity contribution < 1.29 is 22.7 Å². The molecule has 0 radical (unpaired) electrons. The number of carbonyl (C=O) groups excluding carboxylic acids is 1. The Balaban J connectivity index is 2.52. The predicted molar refractivity (Wildman–Crippen MR) is 48.1 cm³/mol. The number of esters is 1. The molecule has 2 atom stereocenters. The molecular formula is C10H15F3O2. The Morgan fingerprint density at radius 1 is 1.40 bits per heavy atom. The molecule has 0 N–H and O–H groups in total. The third-order valence-electron chi connectivity index (χ3n) is 2.76. The molecule has 2 unspecified atom stereocenters. The molecule has 0 heterocycles. The van der Waals surface area contributed by atoms with E-state index < -0.39 is 24.0 Å². The minimum atomic E-state index is -4.18. The van der Waals surface area contributed by atoms with Gasteiger partial charge >= 0.3 is 12.1 Å². The van der Waals surface area contributed by atoms with E-state index in [2.05, 4.69) is 0 Å². The summed E-state index contributed by atoms with van der Waals surface area (Å²) in [4.78, 5) is 11.3. The van der Waals surface area contributed by atoms with Crippen LogP contribution in [0.5, 0.6) is 0 Å². The first kappa shape index (κ1) is 12.3. The fourth-order valence-electron chi connectivity index (χ4n) is 1.96. The third kappa shape index (κ3) is 3.39. The summed E-state index contributed by atoms with van der Waals surface area (Å²) in [6.45, 7) is 1.88. The maximum absolute atomic E-state index is 12.4. The zero-order chi connectivity index (χ0) is 11.5. The van der Waals surface area contributed by atoms with E-state index in [1.165, 1.54) is 0 Å². The second kappa shape index (κ2) is 4.86. The first-order valence-electron chi connectivity index (χ1n) is 5.18. The van der Waals surface area contributed by atoms with Gasteiger partial charge in [0.25, 0.3) is 0 Å². The number of carbonyl (C=O) groups is 1. The molecule has 0 aromatic heterocycles. The van der Waals surface area contributed by atoms with E-state index in [4.69, 9.17) is 4.74 Å². The molecule has 88 valence electrons. The summed E-state index contributed by atoms with van der Waals surface area (Å²) in [6, 6.07) is 0. The van der Waals surface area contributed by atoms with Gasteiger partial charge in [0.05, 0.1) is 18.4 Å². The minimum absolute atomic E-state index is 0.109. The molecule has 15 heavy (non-hydrogen) atoms. The van der Waals surface area contributed by atoms with Gasteiger partial charge in [0.1, 0.15) is 0 Å². The van der Waals surface area contributed by atoms with E-state index in [1.54, 1.807) is 6.92 Å². The number of halogens is 3. The third-order valence-corrected chi connectivity index (χ3v) is 2.76. The summed E-state index contributed by atoms with van der Waals surface area (Å²) in [6.07, 6.45) is -3.17. The summed E-state index contributed by atoms with van der Waals surface area (Å²) >= 11 is 0. The van der Waals surface area contributed by atoms with Crippen LogP contribution in [0.4, 0.5) is 13.2 Å². The number of ether oxygens (including phenoxy) is 1. The fraction of sp³-hybridized carbons (Fsp3) is 0.900. The molecule has 0 saturated heterocycles. The summed E-state index contributed by atoms with van der Waals surface area (Å²) in [5.74, 6) is -2.38. The lowest BCUT2D eigenvalue weighted by atomic mass is 9.81. The van der Waals surface area contributed by atoms with Crippen LogP contribution in [0.2, 0.25) is 0 Å². The van der Waals surface area contributed by atoms with Crippen molar-refractivity contribution in [3.8, 4) is 0 Å². The Hall–Kier alpha value is -0.740. The molecule has 2 nitrogen and oxygen atoms in total. The lowest BCUT2D eigenvalue weighted by Gasteiger charge is -2.29. The highest BCUT2D eigenvalue weighted by atomic mass is 19.4. The van der Waals surface area contributed by atoms with Gasteiger partial charge in [-0.2, -0.15) is 13.2 Å². The average Bonchev–Trinajstić information content (AvgIpc) is 2.17. The molecule has 1 saturated carbocycles. The van der Waals surface area contributed by atoms with Gasteiger partial charge in [0, 0.05) is 0 Å². The monoisotopic (exact) mass is 224 g/mol. The zero-order valence-corrected chi connectivity index (χ0v) is 8.64. The summed E-state index contributed by atoms with van der Waals surface area (Å²) in [5, 5.41) is 0. The maximum Gasteiger partial charge on any atom is 0.391 e. The van der Waals surface area contributed by atoms with E-state index in [1.807, 2.05) is 0 Å². The molecular weight excluding hydrogens is 209 g/mol. The number of rotatable bonds is 2. The highest BCUT2D eigenvalue weighted by Gasteiger charge is 2.43. The predicted octanol–water partition coefficient (Wildman–Crippen LogP) is 2.92. The van der Waals surface area contributed by atoms with Crippen LogP contribution in [0.3, 0.4) is 0 Å². The largest absolute Gasteiger partial charge is 0.466 e. The van der Waals surface area contributed by atoms with Crippen LogP contribution in [-0.4, -0.2) is 18.8 Å². The SMILES string of the molecule is CCOC(=O)C1CCCC(C(F)(F)F)C1. The first-order chi connectivity index (χ1) is 6.95. The van der Waals surface area contributed by atoms with Gasteiger partial charge in [-0.1, -0.05) is 6.42 Å². The Kier molecular flexibility index (Phi) is 3.99. The summed E-state index contributed by atoms with van der Waals surface area (Å²) < 4.78 is 42.0. The lowest BCUT2D eigenvalue weighted by molar-refractivity contribution is -0.188. The number of hydrogen-bond acceptors (Lipinski definition) is 2. The summed E-state index contributed by atoms with van der Waals surface area (Å²) in [7, 11) is 0. The van der Waals surface area contributed by atoms with E-state index in [-0.39, 0.29) is 19.4 Å². The van der Waals surface area contributed by atoms with Crippen molar-refractivity contribution in [3.63, 3.8) is 0 Å². The second-order valence-electron chi connectivity index (χ2n) is 3.85. The maximum atomic E-state index is 12.4. The fourth-order valence-corrected chi connectivity index (χ4v) is 1.96. The molecule has 1 rings (SSSR count). The minimum Gasteiger partial charge on any atom is -0.466 e. The normalized spacial score (nSPS) is 27.5. The molecule has 0 bridgehead atoms. The van der Waals surface area contributed by atoms with Gasteiger partial charge in [0.2, 0.25) is 0 Å². The van der Waals surface area contributed by atoms with Gasteiger partial charge < -0.3 is 4.74 Å². The standard InChI is InChI=1S/C10H15F3O2/c1-2-15-9(14)7-4-3-5-8(6-7)10(11,12)13/h7-8H,2-6H2,1H3. The van der Waals surface area contributed by atoms with Crippen molar-refractivity contribution >= 4 is 5.97 Å². The van der Waals surface area contributed by atoms with Crippen LogP contribution in [0.1, 0.15) is 32.6 Å². The highest BCUT2D eigenvalue weighted by Crippen LogP contribution is 2.40. The van der Waals surface area contributed by atoms with Gasteiger partial charge in [-0.05, 0) is 26.2 Å². The van der Waals surface area contributed by atoms with Crippen molar-refractivity contribution in [1.82, 2.24) is 0 Å². The van der Waals surface area contributed by atoms with Crippen LogP contribution in [0.25, 0.3) is 0 Å². The van der Waals surface area contributed by atoms with Crippen LogP contribution >= 0.6 is 0 Å². The number of hydrogen-bond donors (Lipinski definition) is 0. The molecule has 1 aliphatic carbocycles. The van der Waals surface area contributed by atoms with Gasteiger partial charge in [-0.3, -0.25) is 4.79 Å². The van der Waals surface area contributed by atoms with E-state index in [0.717, 1.165) is 0 Å². The first-order valence-corrected chi connectivity index (χ1v) is 5.18. The molecule has 0 spiro atoms. The zero-order valence-electron chi connectivity index (χ0n) is 8.64. The smallest absolute Gasteiger partial charge is 0.391 e. The van der Waals surface area contributed by atoms with Crippen LogP contribution < -0.4 is 0 Å². The van der Waals surface area contributed by atoms with Gasteiger partial charge in [-0.25, -0.2) is 0 Å². The topological polar surface area (TPSA) is 26.3 Å². The molecule has 0 aromatic rings. The summed E-state index contributed by atoms with van der Waals surface area (Å²) in [5.41, 5.74) is 0. The van der Waals surface area contributed by atoms with Crippen LogP contribution in [0.15, 0.2) is 0 Å². The van der Waals surface area contributed by atoms with Crippen molar-refractivity contribution in [3.05, 3.63) is 0 Å². The Morgan fingerprint density at radius 3 is 2.60 bits per heavy atom. The Bertz CT molecular complexity index is 225. The van der Waals surface area contributed by atoms with Crippen molar-refractivity contribution in [2.45, 2.75) is 38.8 Å². The van der Waals surface area contributed by atoms with Crippen LogP contribution in [-0.2, 0) is 9.53 Å². The lowest BCUT2D eigenvalue weighted by Crippen LogP contribution is -2.32.